The van der Waals surface area contributed by atoms with Crippen LogP contribution in [0.2, 0.25) is 0 Å². The summed E-state index contributed by atoms with van der Waals surface area (Å²) in [5, 5.41) is 5.33. The van der Waals surface area contributed by atoms with Gasteiger partial charge in [0.25, 0.3) is 0 Å². The topological polar surface area (TPSA) is 35.6 Å². The Kier molecular flexibility index (Phi) is 5.03. The number of nitrogens with zero attached hydrogens (tertiary/aromatic N) is 2. The molecular formula is C12H18BrN3OS. The second-order valence-electron chi connectivity index (χ2n) is 4.42. The van der Waals surface area contributed by atoms with Crippen LogP contribution in [0.1, 0.15) is 4.88 Å². The molecule has 4 nitrogen and oxygen atoms in total. The number of hydrogen-bond donors (Lipinski definition) is 1. The molecule has 0 radical (unpaired) electrons. The summed E-state index contributed by atoms with van der Waals surface area (Å²) in [4.78, 5) is 17.2. The maximum Gasteiger partial charge on any atom is 0.319 e. The number of carbonyl (C=O) groups excluding carboxylic acids is 1. The first-order valence-corrected chi connectivity index (χ1v) is 7.78. The van der Waals surface area contributed by atoms with Crippen LogP contribution in [0.3, 0.4) is 0 Å². The lowest BCUT2D eigenvalue weighted by Gasteiger charge is -2.31. The zero-order chi connectivity index (χ0) is 13.0. The Balaban J connectivity index is 1.79. The largest absolute Gasteiger partial charge is 0.327 e. The van der Waals surface area contributed by atoms with Crippen molar-refractivity contribution >= 4 is 33.3 Å². The molecular weight excluding hydrogens is 314 g/mol. The Morgan fingerprint density at radius 3 is 2.89 bits per heavy atom. The van der Waals surface area contributed by atoms with Crippen molar-refractivity contribution in [1.29, 1.82) is 0 Å². The van der Waals surface area contributed by atoms with Gasteiger partial charge in [0.2, 0.25) is 0 Å². The predicted molar refractivity (Wildman–Crippen MR) is 78.2 cm³/mol. The molecule has 1 aromatic heterocycles. The maximum absolute atomic E-state index is 12.1. The molecule has 1 aromatic rings. The van der Waals surface area contributed by atoms with E-state index in [1.54, 1.807) is 11.3 Å². The lowest BCUT2D eigenvalue weighted by atomic mass is 10.3. The number of likely N-dealkylation sites (N-methyl/N-ethyl adjacent to an activating group) is 1. The summed E-state index contributed by atoms with van der Waals surface area (Å²) in [6, 6.07) is 2.26. The fourth-order valence-electron chi connectivity index (χ4n) is 1.96. The van der Waals surface area contributed by atoms with Crippen LogP contribution in [-0.4, -0.2) is 55.6 Å². The van der Waals surface area contributed by atoms with Crippen LogP contribution in [-0.2, 0) is 6.42 Å². The van der Waals surface area contributed by atoms with E-state index in [0.717, 1.165) is 43.6 Å². The van der Waals surface area contributed by atoms with E-state index in [4.69, 9.17) is 0 Å². The Labute approximate surface area is 120 Å². The van der Waals surface area contributed by atoms with E-state index < -0.39 is 0 Å². The first-order chi connectivity index (χ1) is 8.66. The van der Waals surface area contributed by atoms with Gasteiger partial charge in [-0.3, -0.25) is 0 Å². The van der Waals surface area contributed by atoms with E-state index in [9.17, 15) is 4.79 Å². The maximum atomic E-state index is 12.1. The van der Waals surface area contributed by atoms with Gasteiger partial charge in [-0.05, 0) is 28.4 Å². The van der Waals surface area contributed by atoms with Crippen molar-refractivity contribution < 1.29 is 4.79 Å². The average Bonchev–Trinajstić information content (AvgIpc) is 2.82. The quantitative estimate of drug-likeness (QED) is 0.919. The number of piperazine rings is 1. The summed E-state index contributed by atoms with van der Waals surface area (Å²) in [7, 11) is 1.88. The van der Waals surface area contributed by atoms with Gasteiger partial charge in [0, 0.05) is 54.5 Å². The number of carbonyl (C=O) groups is 1. The van der Waals surface area contributed by atoms with Crippen LogP contribution in [0.15, 0.2) is 15.9 Å². The van der Waals surface area contributed by atoms with Crippen LogP contribution in [0, 0.1) is 0 Å². The summed E-state index contributed by atoms with van der Waals surface area (Å²) in [5.41, 5.74) is 0. The number of rotatable bonds is 3. The van der Waals surface area contributed by atoms with Gasteiger partial charge in [0.1, 0.15) is 0 Å². The summed E-state index contributed by atoms with van der Waals surface area (Å²) < 4.78 is 1.12. The van der Waals surface area contributed by atoms with Crippen LogP contribution in [0.25, 0.3) is 0 Å². The number of halogens is 1. The normalized spacial score (nSPS) is 15.8. The molecule has 18 heavy (non-hydrogen) atoms. The molecule has 0 bridgehead atoms. The van der Waals surface area contributed by atoms with Crippen LogP contribution < -0.4 is 5.32 Å². The highest BCUT2D eigenvalue weighted by Gasteiger charge is 2.19. The minimum atomic E-state index is 0.145. The fraction of sp³-hybridized carbons (Fsp3) is 0.583. The van der Waals surface area contributed by atoms with Gasteiger partial charge >= 0.3 is 6.03 Å². The van der Waals surface area contributed by atoms with E-state index in [-0.39, 0.29) is 6.03 Å². The zero-order valence-corrected chi connectivity index (χ0v) is 12.9. The monoisotopic (exact) mass is 331 g/mol. The smallest absolute Gasteiger partial charge is 0.319 e. The van der Waals surface area contributed by atoms with E-state index in [1.807, 2.05) is 16.8 Å². The molecule has 1 aliphatic rings. The molecule has 1 N–H and O–H groups in total. The Hall–Kier alpha value is -0.590. The van der Waals surface area contributed by atoms with Gasteiger partial charge in [0.05, 0.1) is 0 Å². The SMILES string of the molecule is CN(CCc1cc(Br)cs1)C(=O)N1CCNCC1. The first-order valence-electron chi connectivity index (χ1n) is 6.10. The Morgan fingerprint density at radius 1 is 1.56 bits per heavy atom. The Morgan fingerprint density at radius 2 is 2.28 bits per heavy atom. The number of urea groups is 1. The van der Waals surface area contributed by atoms with Gasteiger partial charge in [-0.25, -0.2) is 4.79 Å². The van der Waals surface area contributed by atoms with Crippen molar-refractivity contribution in [3.8, 4) is 0 Å². The molecule has 2 amide bonds. The molecule has 0 unspecified atom stereocenters. The van der Waals surface area contributed by atoms with Crippen LogP contribution in [0.4, 0.5) is 4.79 Å². The van der Waals surface area contributed by atoms with Crippen LogP contribution >= 0.6 is 27.3 Å². The molecule has 6 heteroatoms. The van der Waals surface area contributed by atoms with Crippen LogP contribution in [0.5, 0.6) is 0 Å². The third-order valence-electron chi connectivity index (χ3n) is 3.03. The number of thiophene rings is 1. The van der Waals surface area contributed by atoms with Gasteiger partial charge in [-0.15, -0.1) is 11.3 Å². The van der Waals surface area contributed by atoms with Gasteiger partial charge in [-0.2, -0.15) is 0 Å². The highest BCUT2D eigenvalue weighted by Crippen LogP contribution is 2.20. The molecule has 0 atom stereocenters. The van der Waals surface area contributed by atoms with Crippen molar-refractivity contribution in [3.63, 3.8) is 0 Å². The van der Waals surface area contributed by atoms with Crippen molar-refractivity contribution in [2.75, 3.05) is 39.8 Å². The van der Waals surface area contributed by atoms with Crippen molar-refractivity contribution in [1.82, 2.24) is 15.1 Å². The molecule has 1 aliphatic heterocycles. The third kappa shape index (κ3) is 3.70. The second kappa shape index (κ2) is 6.54. The lowest BCUT2D eigenvalue weighted by molar-refractivity contribution is 0.156. The molecule has 100 valence electrons. The summed E-state index contributed by atoms with van der Waals surface area (Å²) in [6.07, 6.45) is 0.921. The summed E-state index contributed by atoms with van der Waals surface area (Å²) >= 11 is 5.18. The van der Waals surface area contributed by atoms with Crippen molar-refractivity contribution in [3.05, 3.63) is 20.8 Å². The molecule has 2 heterocycles. The molecule has 0 aromatic carbocycles. The highest BCUT2D eigenvalue weighted by atomic mass is 79.9. The fourth-order valence-corrected chi connectivity index (χ4v) is 3.40. The van der Waals surface area contributed by atoms with Crippen molar-refractivity contribution in [2.24, 2.45) is 0 Å². The average molecular weight is 332 g/mol. The molecule has 2 rings (SSSR count). The number of nitrogens with one attached hydrogen (secondary N) is 1. The van der Waals surface area contributed by atoms with E-state index in [2.05, 4.69) is 32.7 Å². The molecule has 0 aliphatic carbocycles. The lowest BCUT2D eigenvalue weighted by Crippen LogP contribution is -2.50. The predicted octanol–water partition coefficient (Wildman–Crippen LogP) is 2.01. The minimum Gasteiger partial charge on any atom is -0.327 e. The van der Waals surface area contributed by atoms with E-state index in [1.165, 1.54) is 4.88 Å². The molecule has 0 spiro atoms. The van der Waals surface area contributed by atoms with Gasteiger partial charge < -0.3 is 15.1 Å². The van der Waals surface area contributed by atoms with Gasteiger partial charge in [-0.1, -0.05) is 0 Å². The number of hydrogen-bond acceptors (Lipinski definition) is 3. The minimum absolute atomic E-state index is 0.145. The van der Waals surface area contributed by atoms with E-state index >= 15 is 0 Å². The molecule has 1 saturated heterocycles. The van der Waals surface area contributed by atoms with Gasteiger partial charge in [0.15, 0.2) is 0 Å². The zero-order valence-electron chi connectivity index (χ0n) is 10.5. The second-order valence-corrected chi connectivity index (χ2v) is 6.33. The summed E-state index contributed by atoms with van der Waals surface area (Å²) in [5.74, 6) is 0. The molecule has 0 saturated carbocycles. The molecule has 1 fully saturated rings. The number of amides is 2. The highest BCUT2D eigenvalue weighted by molar-refractivity contribution is 9.10. The van der Waals surface area contributed by atoms with Crippen molar-refractivity contribution in [2.45, 2.75) is 6.42 Å². The Bertz CT molecular complexity index is 404. The third-order valence-corrected chi connectivity index (χ3v) is 4.79. The standard InChI is InChI=1S/C12H18BrN3OS/c1-15(5-2-11-8-10(13)9-18-11)12(17)16-6-3-14-4-7-16/h8-9,14H,2-7H2,1H3. The first kappa shape index (κ1) is 13.8. The van der Waals surface area contributed by atoms with E-state index in [0.29, 0.717) is 0 Å². The summed E-state index contributed by atoms with van der Waals surface area (Å²) in [6.45, 7) is 4.20.